The third-order valence-corrected chi connectivity index (χ3v) is 4.76. The van der Waals surface area contributed by atoms with Crippen molar-refractivity contribution in [2.45, 2.75) is 33.6 Å². The molecule has 1 aromatic heterocycles. The van der Waals surface area contributed by atoms with Gasteiger partial charge in [0.1, 0.15) is 5.82 Å². The van der Waals surface area contributed by atoms with Crippen LogP contribution in [0.2, 0.25) is 0 Å². The maximum atomic E-state index is 13.2. The van der Waals surface area contributed by atoms with Crippen LogP contribution in [0.4, 0.5) is 4.39 Å². The number of rotatable bonds is 6. The highest BCUT2D eigenvalue weighted by molar-refractivity contribution is 5.94. The van der Waals surface area contributed by atoms with Gasteiger partial charge < -0.3 is 5.32 Å². The molecule has 1 N–H and O–H groups in total. The Morgan fingerprint density at radius 3 is 2.52 bits per heavy atom. The van der Waals surface area contributed by atoms with E-state index in [1.165, 1.54) is 17.7 Å². The van der Waals surface area contributed by atoms with Gasteiger partial charge in [-0.2, -0.15) is 5.10 Å². The Balaban J connectivity index is 1.64. The molecule has 0 aliphatic carbocycles. The first kappa shape index (κ1) is 18.8. The Hall–Kier alpha value is -2.95. The molecule has 0 fully saturated rings. The molecule has 3 rings (SSSR count). The first-order chi connectivity index (χ1) is 13.0. The SMILES string of the molecule is CCc1c(C)nn(-c2ccc(C(=O)NCCc3cccc(F)c3)cc2)c1C. The monoisotopic (exact) mass is 365 g/mol. The average Bonchev–Trinajstić information content (AvgIpc) is 2.95. The number of carbonyl (C=O) groups excluding carboxylic acids is 1. The van der Waals surface area contributed by atoms with Gasteiger partial charge in [-0.15, -0.1) is 0 Å². The van der Waals surface area contributed by atoms with E-state index < -0.39 is 0 Å². The molecular formula is C22H24FN3O. The number of aryl methyl sites for hydroxylation is 1. The first-order valence-corrected chi connectivity index (χ1v) is 9.17. The second-order valence-electron chi connectivity index (χ2n) is 6.60. The minimum absolute atomic E-state index is 0.138. The van der Waals surface area contributed by atoms with Crippen molar-refractivity contribution < 1.29 is 9.18 Å². The minimum atomic E-state index is -0.259. The largest absolute Gasteiger partial charge is 0.352 e. The number of nitrogens with one attached hydrogen (secondary N) is 1. The number of aromatic nitrogens is 2. The van der Waals surface area contributed by atoms with E-state index in [2.05, 4.69) is 24.3 Å². The number of hydrogen-bond donors (Lipinski definition) is 1. The number of benzene rings is 2. The normalized spacial score (nSPS) is 10.8. The van der Waals surface area contributed by atoms with Gasteiger partial charge in [-0.25, -0.2) is 9.07 Å². The Bertz CT molecular complexity index is 945. The fourth-order valence-electron chi connectivity index (χ4n) is 3.31. The number of amides is 1. The molecule has 140 valence electrons. The summed E-state index contributed by atoms with van der Waals surface area (Å²) in [6.07, 6.45) is 1.54. The standard InChI is InChI=1S/C22H24FN3O/c1-4-21-15(2)25-26(16(21)3)20-10-8-18(9-11-20)22(27)24-13-12-17-6-5-7-19(23)14-17/h5-11,14H,4,12-13H2,1-3H3,(H,24,27). The first-order valence-electron chi connectivity index (χ1n) is 9.17. The summed E-state index contributed by atoms with van der Waals surface area (Å²) in [7, 11) is 0. The van der Waals surface area contributed by atoms with E-state index in [0.717, 1.165) is 29.1 Å². The summed E-state index contributed by atoms with van der Waals surface area (Å²) in [5.41, 5.74) is 5.81. The zero-order chi connectivity index (χ0) is 19.4. The van der Waals surface area contributed by atoms with Gasteiger partial charge in [0.2, 0.25) is 0 Å². The van der Waals surface area contributed by atoms with Crippen LogP contribution < -0.4 is 5.32 Å². The molecule has 0 spiro atoms. The van der Waals surface area contributed by atoms with E-state index >= 15 is 0 Å². The van der Waals surface area contributed by atoms with Gasteiger partial charge in [-0.1, -0.05) is 19.1 Å². The molecule has 0 aliphatic rings. The van der Waals surface area contributed by atoms with Gasteiger partial charge in [0.25, 0.3) is 5.91 Å². The predicted molar refractivity (Wildman–Crippen MR) is 105 cm³/mol. The Kier molecular flexibility index (Phi) is 5.69. The van der Waals surface area contributed by atoms with Crippen LogP contribution in [0.3, 0.4) is 0 Å². The summed E-state index contributed by atoms with van der Waals surface area (Å²) >= 11 is 0. The summed E-state index contributed by atoms with van der Waals surface area (Å²) in [6, 6.07) is 13.8. The smallest absolute Gasteiger partial charge is 0.251 e. The Labute approximate surface area is 159 Å². The van der Waals surface area contributed by atoms with Gasteiger partial charge in [-0.05, 0) is 74.2 Å². The molecule has 5 heteroatoms. The number of hydrogen-bond acceptors (Lipinski definition) is 2. The van der Waals surface area contributed by atoms with Gasteiger partial charge in [0, 0.05) is 17.8 Å². The third kappa shape index (κ3) is 4.25. The Morgan fingerprint density at radius 1 is 1.15 bits per heavy atom. The quantitative estimate of drug-likeness (QED) is 0.713. The number of nitrogens with zero attached hydrogens (tertiary/aromatic N) is 2. The van der Waals surface area contributed by atoms with Crippen LogP contribution >= 0.6 is 0 Å². The maximum Gasteiger partial charge on any atom is 0.251 e. The van der Waals surface area contributed by atoms with Crippen LogP contribution in [0.1, 0.15) is 39.8 Å². The third-order valence-electron chi connectivity index (χ3n) is 4.76. The molecule has 0 aliphatic heterocycles. The number of carbonyl (C=O) groups is 1. The van der Waals surface area contributed by atoms with Crippen LogP contribution in [0, 0.1) is 19.7 Å². The molecule has 0 unspecified atom stereocenters. The highest BCUT2D eigenvalue weighted by Crippen LogP contribution is 2.18. The van der Waals surface area contributed by atoms with Gasteiger partial charge in [-0.3, -0.25) is 4.79 Å². The molecule has 0 saturated heterocycles. The van der Waals surface area contributed by atoms with Gasteiger partial charge >= 0.3 is 0 Å². The molecule has 0 radical (unpaired) electrons. The maximum absolute atomic E-state index is 13.2. The van der Waals surface area contributed by atoms with Crippen molar-refractivity contribution in [1.29, 1.82) is 0 Å². The highest BCUT2D eigenvalue weighted by Gasteiger charge is 2.12. The molecule has 0 saturated carbocycles. The molecule has 0 bridgehead atoms. The zero-order valence-electron chi connectivity index (χ0n) is 15.9. The van der Waals surface area contributed by atoms with Crippen molar-refractivity contribution in [3.63, 3.8) is 0 Å². The van der Waals surface area contributed by atoms with Crippen molar-refractivity contribution in [1.82, 2.24) is 15.1 Å². The second kappa shape index (κ2) is 8.16. The van der Waals surface area contributed by atoms with Gasteiger partial charge in [0.05, 0.1) is 11.4 Å². The van der Waals surface area contributed by atoms with Crippen molar-refractivity contribution in [2.24, 2.45) is 0 Å². The van der Waals surface area contributed by atoms with Crippen LogP contribution in [0.25, 0.3) is 5.69 Å². The zero-order valence-corrected chi connectivity index (χ0v) is 15.9. The molecule has 4 nitrogen and oxygen atoms in total. The summed E-state index contributed by atoms with van der Waals surface area (Å²) in [5, 5.41) is 7.48. The number of halogens is 1. The van der Waals surface area contributed by atoms with Crippen LogP contribution in [-0.4, -0.2) is 22.2 Å². The average molecular weight is 365 g/mol. The van der Waals surface area contributed by atoms with Crippen LogP contribution in [0.5, 0.6) is 0 Å². The van der Waals surface area contributed by atoms with E-state index in [0.29, 0.717) is 18.5 Å². The molecule has 3 aromatic rings. The molecule has 27 heavy (non-hydrogen) atoms. The van der Waals surface area contributed by atoms with Crippen molar-refractivity contribution >= 4 is 5.91 Å². The Morgan fingerprint density at radius 2 is 1.89 bits per heavy atom. The second-order valence-corrected chi connectivity index (χ2v) is 6.60. The summed E-state index contributed by atoms with van der Waals surface area (Å²) in [5.74, 6) is -0.398. The topological polar surface area (TPSA) is 46.9 Å². The lowest BCUT2D eigenvalue weighted by Gasteiger charge is -2.08. The van der Waals surface area contributed by atoms with E-state index in [1.54, 1.807) is 18.2 Å². The van der Waals surface area contributed by atoms with Crippen molar-refractivity contribution in [2.75, 3.05) is 6.54 Å². The van der Waals surface area contributed by atoms with E-state index in [9.17, 15) is 9.18 Å². The lowest BCUT2D eigenvalue weighted by Crippen LogP contribution is -2.25. The predicted octanol–water partition coefficient (Wildman–Crippen LogP) is 4.16. The molecule has 1 amide bonds. The van der Waals surface area contributed by atoms with E-state index in [1.807, 2.05) is 29.8 Å². The molecule has 0 atom stereocenters. The molecule has 1 heterocycles. The van der Waals surface area contributed by atoms with Crippen LogP contribution in [0.15, 0.2) is 48.5 Å². The lowest BCUT2D eigenvalue weighted by atomic mass is 10.1. The molecule has 2 aromatic carbocycles. The van der Waals surface area contributed by atoms with Crippen molar-refractivity contribution in [3.8, 4) is 5.69 Å². The summed E-state index contributed by atoms with van der Waals surface area (Å²) < 4.78 is 15.1. The van der Waals surface area contributed by atoms with E-state index in [4.69, 9.17) is 0 Å². The van der Waals surface area contributed by atoms with Crippen molar-refractivity contribution in [3.05, 3.63) is 82.4 Å². The van der Waals surface area contributed by atoms with Crippen LogP contribution in [-0.2, 0) is 12.8 Å². The molecular weight excluding hydrogens is 341 g/mol. The highest BCUT2D eigenvalue weighted by atomic mass is 19.1. The van der Waals surface area contributed by atoms with Gasteiger partial charge in [0.15, 0.2) is 0 Å². The minimum Gasteiger partial charge on any atom is -0.352 e. The summed E-state index contributed by atoms with van der Waals surface area (Å²) in [4.78, 5) is 12.3. The summed E-state index contributed by atoms with van der Waals surface area (Å²) in [6.45, 7) is 6.66. The lowest BCUT2D eigenvalue weighted by molar-refractivity contribution is 0.0954. The fourth-order valence-corrected chi connectivity index (χ4v) is 3.31. The fraction of sp³-hybridized carbons (Fsp3) is 0.273. The van der Waals surface area contributed by atoms with E-state index in [-0.39, 0.29) is 11.7 Å².